The van der Waals surface area contributed by atoms with Crippen LogP contribution in [0.15, 0.2) is 57.1 Å². The number of halogens is 2. The Balaban J connectivity index is 1.71. The highest BCUT2D eigenvalue weighted by molar-refractivity contribution is 9.10. The molecule has 0 aliphatic rings. The molecule has 4 aromatic rings. The normalized spacial score (nSPS) is 12.1. The fourth-order valence-electron chi connectivity index (χ4n) is 3.03. The van der Waals surface area contributed by atoms with Crippen molar-refractivity contribution in [3.8, 4) is 0 Å². The molecule has 3 aromatic heterocycles. The molecule has 1 unspecified atom stereocenters. The Kier molecular flexibility index (Phi) is 6.07. The summed E-state index contributed by atoms with van der Waals surface area (Å²) in [5, 5.41) is 11.8. The summed E-state index contributed by atoms with van der Waals surface area (Å²) in [4.78, 5) is 24.0. The molecular weight excluding hydrogens is 532 g/mol. The SMILES string of the molecule is CC(c1nccs1)N(Cc1ccc(Br)nn1)C(=O)c1ccc2nc(N)c(Br)cc2c1. The number of nitrogen functional groups attached to an aromatic ring is 1. The third kappa shape index (κ3) is 4.35. The van der Waals surface area contributed by atoms with Crippen LogP contribution in [0.5, 0.6) is 0 Å². The molecule has 30 heavy (non-hydrogen) atoms. The quantitative estimate of drug-likeness (QED) is 0.378. The minimum atomic E-state index is -0.227. The van der Waals surface area contributed by atoms with Crippen LogP contribution in [-0.2, 0) is 6.54 Å². The Morgan fingerprint density at radius 1 is 1.20 bits per heavy atom. The van der Waals surface area contributed by atoms with E-state index in [2.05, 4.69) is 52.0 Å². The van der Waals surface area contributed by atoms with Gasteiger partial charge in [-0.05, 0) is 75.2 Å². The van der Waals surface area contributed by atoms with Gasteiger partial charge in [0.25, 0.3) is 5.91 Å². The van der Waals surface area contributed by atoms with Crippen LogP contribution >= 0.6 is 43.2 Å². The molecule has 1 atom stereocenters. The van der Waals surface area contributed by atoms with Crippen molar-refractivity contribution in [1.82, 2.24) is 25.1 Å². The van der Waals surface area contributed by atoms with Crippen molar-refractivity contribution in [3.63, 3.8) is 0 Å². The zero-order valence-electron chi connectivity index (χ0n) is 15.8. The molecule has 152 valence electrons. The van der Waals surface area contributed by atoms with Crippen molar-refractivity contribution in [2.24, 2.45) is 0 Å². The number of thiazole rings is 1. The number of fused-ring (bicyclic) bond motifs is 1. The van der Waals surface area contributed by atoms with E-state index in [-0.39, 0.29) is 11.9 Å². The van der Waals surface area contributed by atoms with E-state index in [9.17, 15) is 4.79 Å². The average Bonchev–Trinajstić information content (AvgIpc) is 3.28. The number of nitrogens with two attached hydrogens (primary N) is 1. The first-order chi connectivity index (χ1) is 14.4. The molecule has 0 radical (unpaired) electrons. The Morgan fingerprint density at radius 3 is 2.73 bits per heavy atom. The van der Waals surface area contributed by atoms with E-state index in [1.165, 1.54) is 11.3 Å². The smallest absolute Gasteiger partial charge is 0.254 e. The molecule has 0 aliphatic carbocycles. The van der Waals surface area contributed by atoms with E-state index in [1.807, 2.05) is 36.6 Å². The van der Waals surface area contributed by atoms with Gasteiger partial charge in [0.2, 0.25) is 0 Å². The molecule has 4 rings (SSSR count). The Labute approximate surface area is 193 Å². The lowest BCUT2D eigenvalue weighted by atomic mass is 10.1. The zero-order valence-corrected chi connectivity index (χ0v) is 19.8. The van der Waals surface area contributed by atoms with Gasteiger partial charge in [0.1, 0.15) is 15.4 Å². The second-order valence-corrected chi connectivity index (χ2v) is 9.18. The van der Waals surface area contributed by atoms with Crippen LogP contribution in [-0.4, -0.2) is 31.0 Å². The lowest BCUT2D eigenvalue weighted by molar-refractivity contribution is 0.0671. The van der Waals surface area contributed by atoms with Gasteiger partial charge in [-0.25, -0.2) is 9.97 Å². The Morgan fingerprint density at radius 2 is 2.03 bits per heavy atom. The molecule has 2 N–H and O–H groups in total. The number of amides is 1. The molecular formula is C20H16Br2N6OS. The summed E-state index contributed by atoms with van der Waals surface area (Å²) in [6.07, 6.45) is 1.74. The van der Waals surface area contributed by atoms with Crippen molar-refractivity contribution in [3.05, 3.63) is 73.3 Å². The first-order valence-corrected chi connectivity index (χ1v) is 11.4. The van der Waals surface area contributed by atoms with E-state index in [0.717, 1.165) is 15.9 Å². The lowest BCUT2D eigenvalue weighted by Crippen LogP contribution is -2.33. The van der Waals surface area contributed by atoms with E-state index in [0.29, 0.717) is 32.7 Å². The second kappa shape index (κ2) is 8.75. The van der Waals surface area contributed by atoms with Gasteiger partial charge in [-0.3, -0.25) is 4.79 Å². The van der Waals surface area contributed by atoms with Crippen molar-refractivity contribution in [1.29, 1.82) is 0 Å². The summed E-state index contributed by atoms with van der Waals surface area (Å²) in [5.74, 6) is 0.284. The molecule has 0 spiro atoms. The van der Waals surface area contributed by atoms with E-state index in [4.69, 9.17) is 5.73 Å². The van der Waals surface area contributed by atoms with Gasteiger partial charge >= 0.3 is 0 Å². The van der Waals surface area contributed by atoms with Crippen LogP contribution in [0.25, 0.3) is 10.9 Å². The van der Waals surface area contributed by atoms with E-state index < -0.39 is 0 Å². The highest BCUT2D eigenvalue weighted by Crippen LogP contribution is 2.28. The number of nitrogens with zero attached hydrogens (tertiary/aromatic N) is 5. The van der Waals surface area contributed by atoms with Gasteiger partial charge < -0.3 is 10.6 Å². The maximum absolute atomic E-state index is 13.5. The summed E-state index contributed by atoms with van der Waals surface area (Å²) in [5.41, 5.74) is 7.83. The van der Waals surface area contributed by atoms with Crippen LogP contribution in [0.2, 0.25) is 0 Å². The highest BCUT2D eigenvalue weighted by Gasteiger charge is 2.25. The number of carbonyl (C=O) groups excluding carboxylic acids is 1. The molecule has 0 bridgehead atoms. The van der Waals surface area contributed by atoms with Gasteiger partial charge in [0.05, 0.1) is 28.3 Å². The lowest BCUT2D eigenvalue weighted by Gasteiger charge is -2.28. The fourth-order valence-corrected chi connectivity index (χ4v) is 4.28. The van der Waals surface area contributed by atoms with E-state index in [1.54, 1.807) is 23.2 Å². The van der Waals surface area contributed by atoms with Crippen molar-refractivity contribution >= 4 is 65.8 Å². The summed E-state index contributed by atoms with van der Waals surface area (Å²) in [6.45, 7) is 2.27. The van der Waals surface area contributed by atoms with Crippen molar-refractivity contribution in [2.45, 2.75) is 19.5 Å². The van der Waals surface area contributed by atoms with Crippen LogP contribution in [0.3, 0.4) is 0 Å². The highest BCUT2D eigenvalue weighted by atomic mass is 79.9. The topological polar surface area (TPSA) is 97.9 Å². The van der Waals surface area contributed by atoms with Gasteiger partial charge in [-0.15, -0.1) is 16.4 Å². The van der Waals surface area contributed by atoms with Gasteiger partial charge in [-0.1, -0.05) is 0 Å². The van der Waals surface area contributed by atoms with Gasteiger partial charge in [-0.2, -0.15) is 5.10 Å². The molecule has 7 nitrogen and oxygen atoms in total. The largest absolute Gasteiger partial charge is 0.383 e. The van der Waals surface area contributed by atoms with Crippen LogP contribution in [0, 0.1) is 0 Å². The Bertz CT molecular complexity index is 1200. The minimum Gasteiger partial charge on any atom is -0.383 e. The standard InChI is InChI=1S/C20H16Br2N6OS/c1-11(19-24-6-7-30-19)28(10-14-3-5-17(22)27-26-14)20(29)12-2-4-16-13(8-12)9-15(21)18(23)25-16/h2-9,11H,10H2,1H3,(H2,23,25). The number of aromatic nitrogens is 4. The number of carbonyl (C=O) groups is 1. The number of hydrogen-bond acceptors (Lipinski definition) is 7. The summed E-state index contributed by atoms with van der Waals surface area (Å²) >= 11 is 8.20. The van der Waals surface area contributed by atoms with Crippen LogP contribution < -0.4 is 5.73 Å². The zero-order chi connectivity index (χ0) is 21.3. The molecule has 0 aliphatic heterocycles. The Hall–Kier alpha value is -2.43. The number of pyridine rings is 1. The average molecular weight is 548 g/mol. The molecule has 0 saturated carbocycles. The van der Waals surface area contributed by atoms with E-state index >= 15 is 0 Å². The first-order valence-electron chi connectivity index (χ1n) is 8.96. The molecule has 0 saturated heterocycles. The number of rotatable bonds is 5. The van der Waals surface area contributed by atoms with Crippen molar-refractivity contribution < 1.29 is 4.79 Å². The number of benzene rings is 1. The third-order valence-corrected chi connectivity index (χ3v) is 6.60. The maximum Gasteiger partial charge on any atom is 0.254 e. The summed E-state index contributed by atoms with van der Waals surface area (Å²) in [7, 11) is 0. The molecule has 1 amide bonds. The second-order valence-electron chi connectivity index (χ2n) is 6.59. The fraction of sp³-hybridized carbons (Fsp3) is 0.150. The monoisotopic (exact) mass is 546 g/mol. The molecule has 10 heteroatoms. The van der Waals surface area contributed by atoms with Crippen molar-refractivity contribution in [2.75, 3.05) is 5.73 Å². The third-order valence-electron chi connectivity index (χ3n) is 4.60. The van der Waals surface area contributed by atoms with Crippen LogP contribution in [0.1, 0.15) is 34.0 Å². The molecule has 1 aromatic carbocycles. The predicted octanol–water partition coefficient (Wildman–Crippen LogP) is 4.99. The van der Waals surface area contributed by atoms with Gasteiger partial charge in [0, 0.05) is 22.5 Å². The van der Waals surface area contributed by atoms with Crippen LogP contribution in [0.4, 0.5) is 5.82 Å². The van der Waals surface area contributed by atoms with Gasteiger partial charge in [0.15, 0.2) is 0 Å². The molecule has 0 fully saturated rings. The number of hydrogen-bond donors (Lipinski definition) is 1. The number of anilines is 1. The summed E-state index contributed by atoms with van der Waals surface area (Å²) < 4.78 is 1.33. The predicted molar refractivity (Wildman–Crippen MR) is 124 cm³/mol. The molecule has 3 heterocycles. The summed E-state index contributed by atoms with van der Waals surface area (Å²) in [6, 6.07) is 10.7. The first kappa shape index (κ1) is 20.8. The minimum absolute atomic E-state index is 0.128. The maximum atomic E-state index is 13.5.